The van der Waals surface area contributed by atoms with Gasteiger partial charge in [-0.2, -0.15) is 0 Å². The Hall–Kier alpha value is -5.20. The van der Waals surface area contributed by atoms with Crippen molar-refractivity contribution in [3.05, 3.63) is 71.9 Å². The van der Waals surface area contributed by atoms with Crippen LogP contribution in [0, 0.1) is 0 Å². The fourth-order valence-corrected chi connectivity index (χ4v) is 5.79. The zero-order chi connectivity index (χ0) is 34.0. The summed E-state index contributed by atoms with van der Waals surface area (Å²) in [5.41, 5.74) is 6.47. The van der Waals surface area contributed by atoms with E-state index in [1.54, 1.807) is 43.5 Å². The van der Waals surface area contributed by atoms with Crippen molar-refractivity contribution < 1.29 is 33.9 Å². The van der Waals surface area contributed by atoms with Crippen molar-refractivity contribution in [3.63, 3.8) is 0 Å². The quantitative estimate of drug-likeness (QED) is 0.163. The number of nitrogens with one attached hydrogen (secondary N) is 5. The maximum absolute atomic E-state index is 13.9. The summed E-state index contributed by atoms with van der Waals surface area (Å²) >= 11 is 0. The van der Waals surface area contributed by atoms with Crippen molar-refractivity contribution in [1.82, 2.24) is 26.3 Å². The van der Waals surface area contributed by atoms with Gasteiger partial charge in [-0.05, 0) is 37.0 Å². The number of hydrogen-bond donors (Lipinski definition) is 7. The summed E-state index contributed by atoms with van der Waals surface area (Å²) < 4.78 is 0. The van der Waals surface area contributed by atoms with Gasteiger partial charge in [0, 0.05) is 36.4 Å². The van der Waals surface area contributed by atoms with Gasteiger partial charge in [0.25, 0.3) is 0 Å². The molecule has 13 heteroatoms. The topological polar surface area (TPSA) is 213 Å². The minimum atomic E-state index is -1.56. The lowest BCUT2D eigenvalue weighted by molar-refractivity contribution is -0.141. The molecule has 0 saturated carbocycles. The second-order valence-corrected chi connectivity index (χ2v) is 12.2. The number of para-hydroxylation sites is 1. The monoisotopic (exact) mass is 646 g/mol. The smallest absolute Gasteiger partial charge is 0.305 e. The number of nitrogens with two attached hydrogens (primary N) is 1. The second kappa shape index (κ2) is 15.9. The minimum absolute atomic E-state index is 0.0645. The zero-order valence-electron chi connectivity index (χ0n) is 26.3. The van der Waals surface area contributed by atoms with Crippen LogP contribution < -0.4 is 27.0 Å². The van der Waals surface area contributed by atoms with Crippen LogP contribution in [0.15, 0.2) is 60.8 Å². The number of fused-ring (bicyclic) bond motifs is 1. The summed E-state index contributed by atoms with van der Waals surface area (Å²) in [4.78, 5) is 80.8. The van der Waals surface area contributed by atoms with Gasteiger partial charge in [-0.3, -0.25) is 28.8 Å². The van der Waals surface area contributed by atoms with E-state index in [-0.39, 0.29) is 31.6 Å². The molecule has 250 valence electrons. The number of aliphatic carboxylic acids is 1. The number of carbonyl (C=O) groups excluding carboxylic acids is 5. The number of benzene rings is 2. The first kappa shape index (κ1) is 34.7. The Bertz CT molecular complexity index is 1610. The molecule has 5 amide bonds. The van der Waals surface area contributed by atoms with Crippen molar-refractivity contribution in [3.8, 4) is 0 Å². The molecule has 0 unspecified atom stereocenters. The van der Waals surface area contributed by atoms with Gasteiger partial charge in [-0.15, -0.1) is 0 Å². The number of hydrogen-bond acceptors (Lipinski definition) is 6. The van der Waals surface area contributed by atoms with Crippen LogP contribution in [0.4, 0.5) is 0 Å². The molecule has 1 aliphatic rings. The molecule has 4 rings (SSSR count). The largest absolute Gasteiger partial charge is 0.481 e. The van der Waals surface area contributed by atoms with Gasteiger partial charge in [0.2, 0.25) is 29.5 Å². The number of amides is 5. The highest BCUT2D eigenvalue weighted by Gasteiger charge is 2.39. The Kier molecular flexibility index (Phi) is 11.7. The molecule has 8 N–H and O–H groups in total. The van der Waals surface area contributed by atoms with Crippen LogP contribution in [0.5, 0.6) is 0 Å². The van der Waals surface area contributed by atoms with Gasteiger partial charge in [0.15, 0.2) is 0 Å². The van der Waals surface area contributed by atoms with Crippen LogP contribution in [-0.4, -0.2) is 69.3 Å². The van der Waals surface area contributed by atoms with E-state index in [9.17, 15) is 33.9 Å². The van der Waals surface area contributed by atoms with E-state index >= 15 is 0 Å². The van der Waals surface area contributed by atoms with Crippen LogP contribution in [0.25, 0.3) is 10.9 Å². The normalized spacial score (nSPS) is 20.4. The molecule has 47 heavy (non-hydrogen) atoms. The number of aromatic nitrogens is 1. The van der Waals surface area contributed by atoms with Gasteiger partial charge in [-0.1, -0.05) is 67.8 Å². The molecule has 1 saturated heterocycles. The third-order valence-electron chi connectivity index (χ3n) is 8.36. The van der Waals surface area contributed by atoms with Gasteiger partial charge < -0.3 is 37.1 Å². The average Bonchev–Trinajstić information content (AvgIpc) is 3.43. The van der Waals surface area contributed by atoms with Crippen molar-refractivity contribution in [1.29, 1.82) is 0 Å². The first-order valence-electron chi connectivity index (χ1n) is 15.8. The molecule has 0 bridgehead atoms. The summed E-state index contributed by atoms with van der Waals surface area (Å²) in [5, 5.41) is 21.0. The Balaban J connectivity index is 1.54. The molecule has 3 aromatic rings. The SMILES string of the molecule is C[C@]1(Cc2c[nH]c3ccccc23)NC(=O)CCCCCC[C@@H](C(=O)N[C@@H](CC(=O)O)C(=O)N[C@@H](Cc2ccccc2)C(N)=O)NC1=O. The zero-order valence-corrected chi connectivity index (χ0v) is 26.3. The van der Waals surface area contributed by atoms with Crippen molar-refractivity contribution >= 4 is 46.4 Å². The number of carbonyl (C=O) groups is 6. The Morgan fingerprint density at radius 3 is 2.38 bits per heavy atom. The number of primary amides is 1. The van der Waals surface area contributed by atoms with E-state index in [0.29, 0.717) is 24.8 Å². The molecule has 0 radical (unpaired) electrons. The van der Waals surface area contributed by atoms with E-state index in [2.05, 4.69) is 26.3 Å². The Morgan fingerprint density at radius 2 is 1.66 bits per heavy atom. The molecular formula is C34H42N6O7. The second-order valence-electron chi connectivity index (χ2n) is 12.2. The minimum Gasteiger partial charge on any atom is -0.481 e. The lowest BCUT2D eigenvalue weighted by Gasteiger charge is -2.32. The molecule has 0 spiro atoms. The van der Waals surface area contributed by atoms with E-state index in [1.165, 1.54) is 0 Å². The lowest BCUT2D eigenvalue weighted by Crippen LogP contribution is -2.62. The maximum Gasteiger partial charge on any atom is 0.305 e. The molecule has 1 aromatic heterocycles. The predicted molar refractivity (Wildman–Crippen MR) is 174 cm³/mol. The Labute approximate surface area is 272 Å². The molecule has 4 atom stereocenters. The van der Waals surface area contributed by atoms with Crippen molar-refractivity contribution in [2.24, 2.45) is 5.73 Å². The van der Waals surface area contributed by atoms with Crippen molar-refractivity contribution in [2.45, 2.75) is 88.4 Å². The third-order valence-corrected chi connectivity index (χ3v) is 8.36. The summed E-state index contributed by atoms with van der Waals surface area (Å²) in [6.07, 6.45) is 4.24. The molecule has 2 heterocycles. The molecule has 1 fully saturated rings. The predicted octanol–water partition coefficient (Wildman–Crippen LogP) is 1.60. The standard InChI is InChI=1S/C34H42N6O7/c1-34(19-22-20-36-24-14-10-9-13-23(22)24)33(47)39-25(15-7-2-3-8-16-28(41)40-34)31(45)38-27(18-29(42)43)32(46)37-26(30(35)44)17-21-11-5-4-6-12-21/h4-6,9-14,20,25-27,36H,2-3,7-8,15-19H2,1H3,(H2,35,44)(H,37,46)(H,38,45)(H,39,47)(H,40,41)(H,42,43)/t25-,26-,27-,34+/m0/s1. The molecule has 2 aromatic carbocycles. The van der Waals surface area contributed by atoms with Gasteiger partial charge in [-0.25, -0.2) is 0 Å². The number of carboxylic acids is 1. The molecule has 0 aliphatic carbocycles. The summed E-state index contributed by atoms with van der Waals surface area (Å²) in [7, 11) is 0. The van der Waals surface area contributed by atoms with Crippen LogP contribution in [0.2, 0.25) is 0 Å². The van der Waals surface area contributed by atoms with Crippen LogP contribution in [0.1, 0.15) is 63.0 Å². The number of aromatic amines is 1. The third kappa shape index (κ3) is 9.65. The van der Waals surface area contributed by atoms with Crippen LogP contribution in [-0.2, 0) is 41.6 Å². The maximum atomic E-state index is 13.9. The van der Waals surface area contributed by atoms with E-state index < -0.39 is 59.7 Å². The lowest BCUT2D eigenvalue weighted by atomic mass is 9.90. The van der Waals surface area contributed by atoms with E-state index in [4.69, 9.17) is 5.73 Å². The average molecular weight is 647 g/mol. The van der Waals surface area contributed by atoms with Gasteiger partial charge in [0.05, 0.1) is 6.42 Å². The highest BCUT2D eigenvalue weighted by atomic mass is 16.4. The summed E-state index contributed by atoms with van der Waals surface area (Å²) in [6.45, 7) is 1.60. The van der Waals surface area contributed by atoms with E-state index in [1.807, 2.05) is 24.3 Å². The van der Waals surface area contributed by atoms with Crippen LogP contribution in [0.3, 0.4) is 0 Å². The van der Waals surface area contributed by atoms with Crippen molar-refractivity contribution in [2.75, 3.05) is 0 Å². The number of rotatable bonds is 11. The number of H-pyrrole nitrogens is 1. The molecule has 13 nitrogen and oxygen atoms in total. The van der Waals surface area contributed by atoms with E-state index in [0.717, 1.165) is 22.9 Å². The highest BCUT2D eigenvalue weighted by Crippen LogP contribution is 2.24. The van der Waals surface area contributed by atoms with Crippen LogP contribution >= 0.6 is 0 Å². The van der Waals surface area contributed by atoms with Gasteiger partial charge >= 0.3 is 5.97 Å². The number of carboxylic acid groups (broad SMARTS) is 1. The fraction of sp³-hybridized carbons (Fsp3) is 0.412. The first-order valence-corrected chi connectivity index (χ1v) is 15.8. The first-order chi connectivity index (χ1) is 22.4. The molecule has 1 aliphatic heterocycles. The summed E-state index contributed by atoms with van der Waals surface area (Å²) in [6, 6.07) is 12.5. The Morgan fingerprint density at radius 1 is 0.957 bits per heavy atom. The summed E-state index contributed by atoms with van der Waals surface area (Å²) in [5.74, 6) is -4.76. The fourth-order valence-electron chi connectivity index (χ4n) is 5.79. The molecular weight excluding hydrogens is 604 g/mol. The highest BCUT2D eigenvalue weighted by molar-refractivity contribution is 5.98. The van der Waals surface area contributed by atoms with Gasteiger partial charge in [0.1, 0.15) is 23.7 Å².